The number of amides is 2. The minimum absolute atomic E-state index is 0.169. The van der Waals surface area contributed by atoms with Crippen molar-refractivity contribution < 1.29 is 19.1 Å². The second kappa shape index (κ2) is 10.9. The molecular weight excluding hydrogens is 462 g/mol. The topological polar surface area (TPSA) is 89.0 Å². The largest absolute Gasteiger partial charge is 0.495 e. The van der Waals surface area contributed by atoms with Gasteiger partial charge >= 0.3 is 0 Å². The SMILES string of the molecule is COc1ccccc1NC(=O)COc1ccc(C=NNC(=O)c2ccccc2)cc1Br. The smallest absolute Gasteiger partial charge is 0.271 e. The highest BCUT2D eigenvalue weighted by molar-refractivity contribution is 9.10. The monoisotopic (exact) mass is 481 g/mol. The minimum Gasteiger partial charge on any atom is -0.495 e. The predicted octanol–water partition coefficient (Wildman–Crippen LogP) is 4.24. The van der Waals surface area contributed by atoms with Crippen molar-refractivity contribution in [2.24, 2.45) is 5.10 Å². The van der Waals surface area contributed by atoms with E-state index in [2.05, 4.69) is 31.8 Å². The van der Waals surface area contributed by atoms with Crippen LogP contribution in [0.3, 0.4) is 0 Å². The van der Waals surface area contributed by atoms with Crippen molar-refractivity contribution in [2.75, 3.05) is 19.0 Å². The van der Waals surface area contributed by atoms with Crippen LogP contribution in [0.5, 0.6) is 11.5 Å². The standard InChI is InChI=1S/C23H20BrN3O4/c1-30-21-10-6-5-9-19(21)26-22(28)15-31-20-12-11-16(13-18(20)24)14-25-27-23(29)17-7-3-2-4-8-17/h2-14H,15H2,1H3,(H,26,28)(H,27,29). The summed E-state index contributed by atoms with van der Waals surface area (Å²) in [6.07, 6.45) is 1.52. The summed E-state index contributed by atoms with van der Waals surface area (Å²) < 4.78 is 11.4. The molecule has 0 aliphatic carbocycles. The fraction of sp³-hybridized carbons (Fsp3) is 0.0870. The number of nitrogens with zero attached hydrogens (tertiary/aromatic N) is 1. The van der Waals surface area contributed by atoms with Crippen LogP contribution in [0.1, 0.15) is 15.9 Å². The first kappa shape index (κ1) is 22.0. The van der Waals surface area contributed by atoms with Crippen molar-refractivity contribution in [1.82, 2.24) is 5.43 Å². The van der Waals surface area contributed by atoms with Gasteiger partial charge < -0.3 is 14.8 Å². The molecule has 0 aromatic heterocycles. The van der Waals surface area contributed by atoms with Crippen molar-refractivity contribution in [2.45, 2.75) is 0 Å². The maximum atomic E-state index is 12.2. The molecule has 2 amide bonds. The summed E-state index contributed by atoms with van der Waals surface area (Å²) in [4.78, 5) is 24.2. The van der Waals surface area contributed by atoms with Gasteiger partial charge in [0.25, 0.3) is 11.8 Å². The van der Waals surface area contributed by atoms with Crippen LogP contribution in [0, 0.1) is 0 Å². The lowest BCUT2D eigenvalue weighted by atomic mass is 10.2. The number of ether oxygens (including phenoxy) is 2. The Balaban J connectivity index is 1.53. The summed E-state index contributed by atoms with van der Waals surface area (Å²) in [7, 11) is 1.54. The molecule has 0 aliphatic heterocycles. The number of benzene rings is 3. The molecule has 0 bridgehead atoms. The molecule has 0 atom stereocenters. The average molecular weight is 482 g/mol. The lowest BCUT2D eigenvalue weighted by Gasteiger charge is -2.11. The highest BCUT2D eigenvalue weighted by Crippen LogP contribution is 2.26. The number of hydrazone groups is 1. The maximum Gasteiger partial charge on any atom is 0.271 e. The number of rotatable bonds is 8. The molecule has 0 saturated carbocycles. The van der Waals surface area contributed by atoms with Gasteiger partial charge in [0, 0.05) is 5.56 Å². The normalized spacial score (nSPS) is 10.5. The van der Waals surface area contributed by atoms with Crippen LogP contribution in [0.15, 0.2) is 82.4 Å². The van der Waals surface area contributed by atoms with Crippen molar-refractivity contribution in [3.8, 4) is 11.5 Å². The number of nitrogens with one attached hydrogen (secondary N) is 2. The quantitative estimate of drug-likeness (QED) is 0.372. The van der Waals surface area contributed by atoms with Crippen LogP contribution in [-0.2, 0) is 4.79 Å². The van der Waals surface area contributed by atoms with E-state index < -0.39 is 0 Å². The van der Waals surface area contributed by atoms with Crippen molar-refractivity contribution in [3.05, 3.63) is 88.4 Å². The highest BCUT2D eigenvalue weighted by Gasteiger charge is 2.09. The fourth-order valence-electron chi connectivity index (χ4n) is 2.61. The number of anilines is 1. The summed E-state index contributed by atoms with van der Waals surface area (Å²) in [5, 5.41) is 6.71. The van der Waals surface area contributed by atoms with Crippen LogP contribution in [0.2, 0.25) is 0 Å². The molecule has 31 heavy (non-hydrogen) atoms. The van der Waals surface area contributed by atoms with E-state index in [0.29, 0.717) is 27.2 Å². The number of methoxy groups -OCH3 is 1. The molecule has 0 heterocycles. The Morgan fingerprint density at radius 1 is 1.00 bits per heavy atom. The van der Waals surface area contributed by atoms with Crippen LogP contribution in [-0.4, -0.2) is 31.7 Å². The molecule has 3 aromatic rings. The van der Waals surface area contributed by atoms with Gasteiger partial charge in [0.05, 0.1) is 23.5 Å². The molecule has 3 rings (SSSR count). The zero-order valence-corrected chi connectivity index (χ0v) is 18.3. The van der Waals surface area contributed by atoms with E-state index in [1.54, 1.807) is 60.7 Å². The molecular formula is C23H20BrN3O4. The van der Waals surface area contributed by atoms with Crippen LogP contribution in [0.25, 0.3) is 0 Å². The van der Waals surface area contributed by atoms with Crippen molar-refractivity contribution in [3.63, 3.8) is 0 Å². The van der Waals surface area contributed by atoms with Gasteiger partial charge in [-0.2, -0.15) is 5.10 Å². The second-order valence-corrected chi connectivity index (χ2v) is 7.15. The Kier molecular flexibility index (Phi) is 7.78. The van der Waals surface area contributed by atoms with Crippen molar-refractivity contribution >= 4 is 39.6 Å². The third-order valence-corrected chi connectivity index (χ3v) is 4.73. The molecule has 158 valence electrons. The van der Waals surface area contributed by atoms with Gasteiger partial charge in [0.2, 0.25) is 0 Å². The number of para-hydroxylation sites is 2. The Bertz CT molecular complexity index is 1090. The molecule has 2 N–H and O–H groups in total. The second-order valence-electron chi connectivity index (χ2n) is 6.29. The predicted molar refractivity (Wildman–Crippen MR) is 123 cm³/mol. The number of hydrogen-bond acceptors (Lipinski definition) is 5. The Labute approximate surface area is 188 Å². The summed E-state index contributed by atoms with van der Waals surface area (Å²) in [6.45, 7) is -0.169. The van der Waals surface area contributed by atoms with Gasteiger partial charge in [-0.15, -0.1) is 0 Å². The average Bonchev–Trinajstić information content (AvgIpc) is 2.79. The summed E-state index contributed by atoms with van der Waals surface area (Å²) in [5.74, 6) is 0.461. The Hall–Kier alpha value is -3.65. The van der Waals surface area contributed by atoms with E-state index in [4.69, 9.17) is 9.47 Å². The lowest BCUT2D eigenvalue weighted by molar-refractivity contribution is -0.118. The number of carbonyl (C=O) groups is 2. The van der Waals surface area contributed by atoms with Gasteiger partial charge in [0.1, 0.15) is 11.5 Å². The summed E-state index contributed by atoms with van der Waals surface area (Å²) in [6, 6.07) is 21.2. The lowest BCUT2D eigenvalue weighted by Crippen LogP contribution is -2.20. The molecule has 0 unspecified atom stereocenters. The van der Waals surface area contributed by atoms with Gasteiger partial charge in [-0.25, -0.2) is 5.43 Å². The number of hydrogen-bond donors (Lipinski definition) is 2. The summed E-state index contributed by atoms with van der Waals surface area (Å²) in [5.41, 5.74) is 4.31. The molecule has 0 fully saturated rings. The van der Waals surface area contributed by atoms with E-state index in [9.17, 15) is 9.59 Å². The van der Waals surface area contributed by atoms with Gasteiger partial charge in [-0.3, -0.25) is 9.59 Å². The van der Waals surface area contributed by atoms with Crippen LogP contribution in [0.4, 0.5) is 5.69 Å². The molecule has 8 heteroatoms. The first-order valence-electron chi connectivity index (χ1n) is 9.30. The van der Waals surface area contributed by atoms with Gasteiger partial charge in [-0.1, -0.05) is 30.3 Å². The molecule has 3 aromatic carbocycles. The van der Waals surface area contributed by atoms with E-state index in [0.717, 1.165) is 5.56 Å². The van der Waals surface area contributed by atoms with E-state index in [1.165, 1.54) is 13.3 Å². The number of halogens is 1. The summed E-state index contributed by atoms with van der Waals surface area (Å²) >= 11 is 3.42. The molecule has 0 aliphatic rings. The van der Waals surface area contributed by atoms with Crippen molar-refractivity contribution in [1.29, 1.82) is 0 Å². The Morgan fingerprint density at radius 3 is 2.48 bits per heavy atom. The first-order valence-corrected chi connectivity index (χ1v) is 10.1. The highest BCUT2D eigenvalue weighted by atomic mass is 79.9. The first-order chi connectivity index (χ1) is 15.1. The van der Waals surface area contributed by atoms with Crippen LogP contribution >= 0.6 is 15.9 Å². The third-order valence-electron chi connectivity index (χ3n) is 4.11. The Morgan fingerprint density at radius 2 is 1.74 bits per heavy atom. The zero-order chi connectivity index (χ0) is 22.1. The number of carbonyl (C=O) groups excluding carboxylic acids is 2. The van der Waals surface area contributed by atoms with Crippen LogP contribution < -0.4 is 20.2 Å². The van der Waals surface area contributed by atoms with E-state index in [-0.39, 0.29) is 18.4 Å². The van der Waals surface area contributed by atoms with Gasteiger partial charge in [-0.05, 0) is 64.0 Å². The maximum absolute atomic E-state index is 12.2. The van der Waals surface area contributed by atoms with Gasteiger partial charge in [0.15, 0.2) is 6.61 Å². The van der Waals surface area contributed by atoms with E-state index in [1.807, 2.05) is 12.1 Å². The molecule has 0 radical (unpaired) electrons. The fourth-order valence-corrected chi connectivity index (χ4v) is 3.12. The minimum atomic E-state index is -0.314. The molecule has 0 spiro atoms. The molecule has 7 nitrogen and oxygen atoms in total. The zero-order valence-electron chi connectivity index (χ0n) is 16.7. The third kappa shape index (κ3) is 6.42. The molecule has 0 saturated heterocycles. The van der Waals surface area contributed by atoms with E-state index >= 15 is 0 Å².